The second kappa shape index (κ2) is 4.86. The average Bonchev–Trinajstić information content (AvgIpc) is 2.90. The van der Waals surface area contributed by atoms with Crippen LogP contribution in [-0.4, -0.2) is 33.3 Å². The molecule has 0 aliphatic carbocycles. The van der Waals surface area contributed by atoms with E-state index in [1.807, 2.05) is 12.1 Å². The molecule has 5 nitrogen and oxygen atoms in total. The molecule has 0 radical (unpaired) electrons. The highest BCUT2D eigenvalue weighted by molar-refractivity contribution is 5.31. The standard InChI is InChI=1S/C13H17N5/c1-10-2-4-12(5-3-10)18-16-13(15-17-18)11-6-8-14-9-7-11/h2-5,11,14H,6-9H2,1H3. The molecule has 1 aliphatic heterocycles. The Hall–Kier alpha value is -1.75. The predicted molar refractivity (Wildman–Crippen MR) is 68.7 cm³/mol. The highest BCUT2D eigenvalue weighted by Crippen LogP contribution is 2.21. The number of piperidine rings is 1. The first-order chi connectivity index (χ1) is 8.83. The van der Waals surface area contributed by atoms with Gasteiger partial charge in [-0.15, -0.1) is 15.0 Å². The van der Waals surface area contributed by atoms with E-state index in [1.54, 1.807) is 4.80 Å². The van der Waals surface area contributed by atoms with Crippen molar-refractivity contribution in [3.63, 3.8) is 0 Å². The predicted octanol–water partition coefficient (Wildman–Crippen LogP) is 1.44. The van der Waals surface area contributed by atoms with E-state index in [0.29, 0.717) is 5.92 Å². The van der Waals surface area contributed by atoms with E-state index < -0.39 is 0 Å². The Bertz CT molecular complexity index is 510. The Morgan fingerprint density at radius 2 is 1.89 bits per heavy atom. The van der Waals surface area contributed by atoms with Gasteiger partial charge in [0.15, 0.2) is 5.82 Å². The lowest BCUT2D eigenvalue weighted by molar-refractivity contribution is 0.444. The number of hydrogen-bond acceptors (Lipinski definition) is 4. The lowest BCUT2D eigenvalue weighted by Crippen LogP contribution is -2.27. The molecule has 1 aliphatic rings. The SMILES string of the molecule is Cc1ccc(-n2nnc(C3CCNCC3)n2)cc1. The van der Waals surface area contributed by atoms with Crippen LogP contribution in [0.3, 0.4) is 0 Å². The van der Waals surface area contributed by atoms with Crippen molar-refractivity contribution < 1.29 is 0 Å². The lowest BCUT2D eigenvalue weighted by Gasteiger charge is -2.18. The smallest absolute Gasteiger partial charge is 0.178 e. The number of benzene rings is 1. The number of hydrogen-bond donors (Lipinski definition) is 1. The van der Waals surface area contributed by atoms with Crippen molar-refractivity contribution in [2.45, 2.75) is 25.7 Å². The molecule has 1 aromatic carbocycles. The fraction of sp³-hybridized carbons (Fsp3) is 0.462. The summed E-state index contributed by atoms with van der Waals surface area (Å²) in [7, 11) is 0. The van der Waals surface area contributed by atoms with Crippen LogP contribution in [0.25, 0.3) is 5.69 Å². The fourth-order valence-corrected chi connectivity index (χ4v) is 2.26. The van der Waals surface area contributed by atoms with Crippen LogP contribution < -0.4 is 5.32 Å². The van der Waals surface area contributed by atoms with Crippen LogP contribution in [0.2, 0.25) is 0 Å². The quantitative estimate of drug-likeness (QED) is 0.867. The molecule has 1 fully saturated rings. The van der Waals surface area contributed by atoms with Crippen LogP contribution >= 0.6 is 0 Å². The van der Waals surface area contributed by atoms with Crippen LogP contribution in [0.4, 0.5) is 0 Å². The molecule has 18 heavy (non-hydrogen) atoms. The summed E-state index contributed by atoms with van der Waals surface area (Å²) in [6.07, 6.45) is 2.19. The third kappa shape index (κ3) is 2.26. The van der Waals surface area contributed by atoms with Crippen LogP contribution in [0.1, 0.15) is 30.1 Å². The summed E-state index contributed by atoms with van der Waals surface area (Å²) in [5, 5.41) is 16.2. The molecule has 0 spiro atoms. The molecule has 2 heterocycles. The maximum absolute atomic E-state index is 4.50. The number of aromatic nitrogens is 4. The van der Waals surface area contributed by atoms with Gasteiger partial charge >= 0.3 is 0 Å². The second-order valence-electron chi connectivity index (χ2n) is 4.80. The van der Waals surface area contributed by atoms with E-state index in [4.69, 9.17) is 0 Å². The molecule has 1 aromatic heterocycles. The number of aryl methyl sites for hydroxylation is 1. The van der Waals surface area contributed by atoms with E-state index >= 15 is 0 Å². The van der Waals surface area contributed by atoms with Crippen LogP contribution in [0, 0.1) is 6.92 Å². The summed E-state index contributed by atoms with van der Waals surface area (Å²) in [6, 6.07) is 8.15. The summed E-state index contributed by atoms with van der Waals surface area (Å²) in [6.45, 7) is 4.16. The highest BCUT2D eigenvalue weighted by atomic mass is 15.6. The molecule has 5 heteroatoms. The second-order valence-corrected chi connectivity index (χ2v) is 4.80. The molecule has 1 N–H and O–H groups in total. The fourth-order valence-electron chi connectivity index (χ4n) is 2.26. The van der Waals surface area contributed by atoms with Gasteiger partial charge in [-0.2, -0.15) is 0 Å². The minimum Gasteiger partial charge on any atom is -0.317 e. The van der Waals surface area contributed by atoms with Gasteiger partial charge in [0.25, 0.3) is 0 Å². The summed E-state index contributed by atoms with van der Waals surface area (Å²) in [5.41, 5.74) is 2.20. The average molecular weight is 243 g/mol. The Morgan fingerprint density at radius 1 is 1.17 bits per heavy atom. The van der Waals surface area contributed by atoms with Gasteiger partial charge in [-0.05, 0) is 50.2 Å². The molecular formula is C13H17N5. The Balaban J connectivity index is 1.82. The van der Waals surface area contributed by atoms with Crippen LogP contribution in [0.5, 0.6) is 0 Å². The van der Waals surface area contributed by atoms with E-state index in [-0.39, 0.29) is 0 Å². The summed E-state index contributed by atoms with van der Waals surface area (Å²) in [4.78, 5) is 1.62. The molecular weight excluding hydrogens is 226 g/mol. The van der Waals surface area contributed by atoms with Gasteiger partial charge in [0, 0.05) is 5.92 Å². The molecule has 0 amide bonds. The summed E-state index contributed by atoms with van der Waals surface area (Å²) >= 11 is 0. The summed E-state index contributed by atoms with van der Waals surface area (Å²) < 4.78 is 0. The zero-order valence-corrected chi connectivity index (χ0v) is 10.5. The van der Waals surface area contributed by atoms with Gasteiger partial charge in [0.05, 0.1) is 5.69 Å². The number of nitrogens with one attached hydrogen (secondary N) is 1. The number of nitrogens with zero attached hydrogens (tertiary/aromatic N) is 4. The Labute approximate surface area is 106 Å². The minimum atomic E-state index is 0.449. The zero-order chi connectivity index (χ0) is 12.4. The van der Waals surface area contributed by atoms with Crippen molar-refractivity contribution in [3.05, 3.63) is 35.7 Å². The van der Waals surface area contributed by atoms with E-state index in [9.17, 15) is 0 Å². The van der Waals surface area contributed by atoms with E-state index in [2.05, 4.69) is 39.8 Å². The molecule has 0 saturated carbocycles. The van der Waals surface area contributed by atoms with E-state index in [0.717, 1.165) is 37.4 Å². The van der Waals surface area contributed by atoms with Gasteiger partial charge in [0.2, 0.25) is 0 Å². The van der Waals surface area contributed by atoms with Crippen molar-refractivity contribution >= 4 is 0 Å². The normalized spacial score (nSPS) is 16.9. The van der Waals surface area contributed by atoms with E-state index in [1.165, 1.54) is 5.56 Å². The largest absolute Gasteiger partial charge is 0.317 e. The van der Waals surface area contributed by atoms with Gasteiger partial charge in [-0.1, -0.05) is 17.7 Å². The first-order valence-corrected chi connectivity index (χ1v) is 6.40. The molecule has 0 unspecified atom stereocenters. The molecule has 94 valence electrons. The van der Waals surface area contributed by atoms with Gasteiger partial charge in [-0.3, -0.25) is 0 Å². The van der Waals surface area contributed by atoms with Gasteiger partial charge < -0.3 is 5.32 Å². The monoisotopic (exact) mass is 243 g/mol. The third-order valence-electron chi connectivity index (χ3n) is 3.40. The Morgan fingerprint density at radius 3 is 2.61 bits per heavy atom. The van der Waals surface area contributed by atoms with Crippen LogP contribution in [0.15, 0.2) is 24.3 Å². The maximum atomic E-state index is 4.50. The third-order valence-corrected chi connectivity index (χ3v) is 3.40. The van der Waals surface area contributed by atoms with Crippen molar-refractivity contribution in [1.82, 2.24) is 25.5 Å². The topological polar surface area (TPSA) is 55.6 Å². The molecule has 0 bridgehead atoms. The number of rotatable bonds is 2. The van der Waals surface area contributed by atoms with Crippen molar-refractivity contribution in [3.8, 4) is 5.69 Å². The van der Waals surface area contributed by atoms with Crippen molar-refractivity contribution in [2.24, 2.45) is 0 Å². The lowest BCUT2D eigenvalue weighted by atomic mass is 9.98. The molecule has 2 aromatic rings. The minimum absolute atomic E-state index is 0.449. The zero-order valence-electron chi connectivity index (χ0n) is 10.5. The van der Waals surface area contributed by atoms with Gasteiger partial charge in [-0.25, -0.2) is 0 Å². The molecule has 3 rings (SSSR count). The first-order valence-electron chi connectivity index (χ1n) is 6.40. The highest BCUT2D eigenvalue weighted by Gasteiger charge is 2.20. The maximum Gasteiger partial charge on any atom is 0.178 e. The Kier molecular flexibility index (Phi) is 3.06. The summed E-state index contributed by atoms with van der Waals surface area (Å²) in [5.74, 6) is 1.32. The van der Waals surface area contributed by atoms with Crippen molar-refractivity contribution in [2.75, 3.05) is 13.1 Å². The van der Waals surface area contributed by atoms with Crippen molar-refractivity contribution in [1.29, 1.82) is 0 Å². The first kappa shape index (κ1) is 11.3. The number of tetrazole rings is 1. The molecule has 0 atom stereocenters. The van der Waals surface area contributed by atoms with Gasteiger partial charge in [0.1, 0.15) is 0 Å². The van der Waals surface area contributed by atoms with Crippen LogP contribution in [-0.2, 0) is 0 Å². The molecule has 1 saturated heterocycles.